The lowest BCUT2D eigenvalue weighted by Gasteiger charge is -2.06. The van der Waals surface area contributed by atoms with Gasteiger partial charge in [-0.3, -0.25) is 9.59 Å². The topological polar surface area (TPSA) is 71.0 Å². The first kappa shape index (κ1) is 25.4. The third-order valence-corrected chi connectivity index (χ3v) is 8.08. The van der Waals surface area contributed by atoms with Crippen LogP contribution in [0.15, 0.2) is 83.3 Å². The number of nitriles is 1. The monoisotopic (exact) mass is 513 g/mol. The molecule has 2 heterocycles. The van der Waals surface area contributed by atoms with Gasteiger partial charge in [0.1, 0.15) is 4.21 Å². The van der Waals surface area contributed by atoms with E-state index in [2.05, 4.69) is 6.07 Å². The lowest BCUT2D eigenvalue weighted by Crippen LogP contribution is -2.31. The number of rotatable bonds is 9. The van der Waals surface area contributed by atoms with Gasteiger partial charge in [-0.2, -0.15) is 9.83 Å². The van der Waals surface area contributed by atoms with Crippen molar-refractivity contribution in [3.63, 3.8) is 0 Å². The third kappa shape index (κ3) is 5.91. The van der Waals surface area contributed by atoms with Gasteiger partial charge in [0.05, 0.1) is 35.1 Å². The summed E-state index contributed by atoms with van der Waals surface area (Å²) in [5, 5.41) is 9.08. The number of ether oxygens (including phenoxy) is 1. The zero-order valence-electron chi connectivity index (χ0n) is 20.1. The third-order valence-electron chi connectivity index (χ3n) is 5.52. The standard InChI is InChI=1S/C29H25N2O3S2/c1-3-34-25(32)17-24-26(31-15-13-20(2)14-16-31)29(35-19-22-11-9-21(18-30)10-12-22)36-28(24)27(33)23-7-5-4-6-8-23/h4-16H,3,17,19H2,1-2H3/q+1. The van der Waals surface area contributed by atoms with Gasteiger partial charge in [0.2, 0.25) is 11.5 Å². The molecule has 7 heteroatoms. The van der Waals surface area contributed by atoms with Crippen LogP contribution >= 0.6 is 23.1 Å². The van der Waals surface area contributed by atoms with Crippen molar-refractivity contribution in [2.24, 2.45) is 0 Å². The number of hydrogen-bond acceptors (Lipinski definition) is 6. The number of ketones is 1. The summed E-state index contributed by atoms with van der Waals surface area (Å²) in [5.41, 5.74) is 4.86. The minimum atomic E-state index is -0.366. The van der Waals surface area contributed by atoms with Gasteiger partial charge in [0, 0.05) is 23.4 Å². The summed E-state index contributed by atoms with van der Waals surface area (Å²) in [6.07, 6.45) is 3.91. The molecule has 5 nitrogen and oxygen atoms in total. The van der Waals surface area contributed by atoms with Crippen LogP contribution < -0.4 is 4.57 Å². The van der Waals surface area contributed by atoms with Crippen molar-refractivity contribution in [3.05, 3.63) is 112 Å². The maximum Gasteiger partial charge on any atom is 0.310 e. The Labute approximate surface area is 219 Å². The number of benzene rings is 2. The maximum atomic E-state index is 13.6. The number of thioether (sulfide) groups is 1. The summed E-state index contributed by atoms with van der Waals surface area (Å²) in [4.78, 5) is 26.8. The van der Waals surface area contributed by atoms with Crippen LogP contribution in [0.5, 0.6) is 0 Å². The van der Waals surface area contributed by atoms with Gasteiger partial charge in [-0.1, -0.05) is 42.5 Å². The predicted octanol–water partition coefficient (Wildman–Crippen LogP) is 5.83. The fourth-order valence-electron chi connectivity index (χ4n) is 3.69. The first-order chi connectivity index (χ1) is 17.5. The molecule has 0 saturated carbocycles. The number of nitrogens with zero attached hydrogens (tertiary/aromatic N) is 2. The molecule has 36 heavy (non-hydrogen) atoms. The fourth-order valence-corrected chi connectivity index (χ4v) is 6.22. The second-order valence-electron chi connectivity index (χ2n) is 8.10. The van der Waals surface area contributed by atoms with E-state index in [1.165, 1.54) is 11.3 Å². The molecule has 0 aliphatic carbocycles. The number of hydrogen-bond donors (Lipinski definition) is 0. The van der Waals surface area contributed by atoms with Crippen LogP contribution in [0.1, 0.15) is 44.4 Å². The summed E-state index contributed by atoms with van der Waals surface area (Å²) in [6, 6.07) is 22.7. The molecule has 0 amide bonds. The fraction of sp³-hybridized carbons (Fsp3) is 0.172. The van der Waals surface area contributed by atoms with Crippen molar-refractivity contribution in [1.29, 1.82) is 5.26 Å². The Morgan fingerprint density at radius 1 is 1.03 bits per heavy atom. The lowest BCUT2D eigenvalue weighted by atomic mass is 10.0. The highest BCUT2D eigenvalue weighted by atomic mass is 32.2. The van der Waals surface area contributed by atoms with Crippen molar-refractivity contribution in [1.82, 2.24) is 0 Å². The highest BCUT2D eigenvalue weighted by molar-refractivity contribution is 8.00. The van der Waals surface area contributed by atoms with E-state index in [-0.39, 0.29) is 24.8 Å². The summed E-state index contributed by atoms with van der Waals surface area (Å²) < 4.78 is 8.18. The van der Waals surface area contributed by atoms with E-state index < -0.39 is 0 Å². The highest BCUT2D eigenvalue weighted by Crippen LogP contribution is 2.39. The minimum absolute atomic E-state index is 0.00584. The quantitative estimate of drug-likeness (QED) is 0.122. The van der Waals surface area contributed by atoms with Crippen molar-refractivity contribution in [3.8, 4) is 11.8 Å². The van der Waals surface area contributed by atoms with Crippen LogP contribution in [-0.2, 0) is 21.7 Å². The number of aromatic nitrogens is 1. The number of thiophene rings is 1. The van der Waals surface area contributed by atoms with Crippen LogP contribution in [0.25, 0.3) is 5.69 Å². The highest BCUT2D eigenvalue weighted by Gasteiger charge is 2.31. The van der Waals surface area contributed by atoms with Gasteiger partial charge in [-0.15, -0.1) is 23.1 Å². The molecule has 0 N–H and O–H groups in total. The minimum Gasteiger partial charge on any atom is -0.466 e. The van der Waals surface area contributed by atoms with Crippen LogP contribution in [0.4, 0.5) is 0 Å². The second-order valence-corrected chi connectivity index (χ2v) is 10.4. The maximum absolute atomic E-state index is 13.6. The Kier molecular flexibility index (Phi) is 8.32. The van der Waals surface area contributed by atoms with Crippen LogP contribution in [-0.4, -0.2) is 18.4 Å². The Morgan fingerprint density at radius 2 is 1.72 bits per heavy atom. The molecule has 0 aliphatic rings. The summed E-state index contributed by atoms with van der Waals surface area (Å²) in [5.74, 6) is 0.179. The molecule has 0 bridgehead atoms. The number of pyridine rings is 1. The average Bonchev–Trinajstić information content (AvgIpc) is 3.26. The number of carbonyl (C=O) groups excluding carboxylic acids is 2. The molecule has 4 aromatic rings. The molecule has 180 valence electrons. The molecule has 0 spiro atoms. The second kappa shape index (κ2) is 11.8. The molecule has 4 rings (SSSR count). The Bertz CT molecular complexity index is 1400. The van der Waals surface area contributed by atoms with E-state index in [9.17, 15) is 9.59 Å². The molecule has 2 aromatic heterocycles. The molecule has 0 unspecified atom stereocenters. The Morgan fingerprint density at radius 3 is 2.36 bits per heavy atom. The average molecular weight is 514 g/mol. The summed E-state index contributed by atoms with van der Waals surface area (Å²) >= 11 is 3.02. The van der Waals surface area contributed by atoms with Gasteiger partial charge in [0.15, 0.2) is 12.4 Å². The molecular weight excluding hydrogens is 488 g/mol. The summed E-state index contributed by atoms with van der Waals surface area (Å²) in [6.45, 7) is 4.07. The Hall–Kier alpha value is -3.73. The van der Waals surface area contributed by atoms with Crippen LogP contribution in [0.3, 0.4) is 0 Å². The van der Waals surface area contributed by atoms with E-state index in [1.807, 2.05) is 66.3 Å². The largest absolute Gasteiger partial charge is 0.466 e. The van der Waals surface area contributed by atoms with Gasteiger partial charge >= 0.3 is 5.97 Å². The molecule has 0 atom stereocenters. The van der Waals surface area contributed by atoms with Crippen LogP contribution in [0.2, 0.25) is 0 Å². The molecular formula is C29H25N2O3S2+. The molecule has 2 aromatic carbocycles. The van der Waals surface area contributed by atoms with E-state index >= 15 is 0 Å². The van der Waals surface area contributed by atoms with E-state index in [1.54, 1.807) is 43.0 Å². The normalized spacial score (nSPS) is 10.6. The van der Waals surface area contributed by atoms with Gasteiger partial charge in [-0.05, 0) is 37.1 Å². The number of aryl methyl sites for hydroxylation is 1. The van der Waals surface area contributed by atoms with Gasteiger partial charge in [0.25, 0.3) is 0 Å². The van der Waals surface area contributed by atoms with Crippen molar-refractivity contribution in [2.45, 2.75) is 30.2 Å². The molecule has 0 aliphatic heterocycles. The van der Waals surface area contributed by atoms with Crippen molar-refractivity contribution < 1.29 is 18.9 Å². The number of esters is 1. The summed E-state index contributed by atoms with van der Waals surface area (Å²) in [7, 11) is 0. The van der Waals surface area contributed by atoms with Crippen molar-refractivity contribution >= 4 is 34.9 Å². The van der Waals surface area contributed by atoms with E-state index in [0.29, 0.717) is 27.3 Å². The first-order valence-electron chi connectivity index (χ1n) is 11.5. The number of carbonyl (C=O) groups is 2. The van der Waals surface area contributed by atoms with Crippen molar-refractivity contribution in [2.75, 3.05) is 6.61 Å². The Balaban J connectivity index is 1.81. The lowest BCUT2D eigenvalue weighted by molar-refractivity contribution is -0.598. The smallest absolute Gasteiger partial charge is 0.310 e. The first-order valence-corrected chi connectivity index (χ1v) is 13.3. The van der Waals surface area contributed by atoms with E-state index in [4.69, 9.17) is 10.00 Å². The SMILES string of the molecule is CCOC(=O)Cc1c(C(=O)c2ccccc2)sc(SCc2ccc(C#N)cc2)c1-[n+]1ccc(C)cc1. The zero-order chi connectivity index (χ0) is 25.5. The molecule has 0 radical (unpaired) electrons. The predicted molar refractivity (Wildman–Crippen MR) is 142 cm³/mol. The van der Waals surface area contributed by atoms with Crippen LogP contribution in [0, 0.1) is 18.3 Å². The van der Waals surface area contributed by atoms with E-state index in [0.717, 1.165) is 21.0 Å². The molecule has 0 saturated heterocycles. The molecule has 0 fully saturated rings. The zero-order valence-corrected chi connectivity index (χ0v) is 21.7. The van der Waals surface area contributed by atoms with Gasteiger partial charge < -0.3 is 4.74 Å². The van der Waals surface area contributed by atoms with Gasteiger partial charge in [-0.25, -0.2) is 0 Å².